The monoisotopic (exact) mass is 372 g/mol. The fourth-order valence-electron chi connectivity index (χ4n) is 2.99. The fraction of sp³-hybridized carbons (Fsp3) is 0.263. The number of benzene rings is 2. The first-order valence-electron chi connectivity index (χ1n) is 7.60. The van der Waals surface area contributed by atoms with E-state index in [1.807, 2.05) is 12.1 Å². The zero-order chi connectivity index (χ0) is 15.3. The van der Waals surface area contributed by atoms with E-state index < -0.39 is 6.10 Å². The lowest BCUT2D eigenvalue weighted by molar-refractivity contribution is 0.223. The van der Waals surface area contributed by atoms with Crippen molar-refractivity contribution in [3.63, 3.8) is 0 Å². The van der Waals surface area contributed by atoms with Crippen molar-refractivity contribution >= 4 is 37.4 Å². The molecule has 2 aromatic carbocycles. The smallest absolute Gasteiger partial charge is 0.114 e. The van der Waals surface area contributed by atoms with Crippen LogP contribution in [0.2, 0.25) is 0 Å². The van der Waals surface area contributed by atoms with Gasteiger partial charge in [-0.05, 0) is 66.0 Å². The first-order valence-corrected chi connectivity index (χ1v) is 9.21. The molecule has 3 aromatic rings. The molecule has 1 nitrogen and oxygen atoms in total. The van der Waals surface area contributed by atoms with Crippen molar-refractivity contribution in [1.82, 2.24) is 0 Å². The first kappa shape index (κ1) is 14.4. The summed E-state index contributed by atoms with van der Waals surface area (Å²) in [5.41, 5.74) is 3.63. The molecule has 1 saturated carbocycles. The molecule has 3 heteroatoms. The Morgan fingerprint density at radius 3 is 2.68 bits per heavy atom. The van der Waals surface area contributed by atoms with E-state index in [-0.39, 0.29) is 0 Å². The lowest BCUT2D eigenvalue weighted by Crippen LogP contribution is -2.02. The van der Waals surface area contributed by atoms with Gasteiger partial charge in [0, 0.05) is 14.0 Å². The molecular formula is C19H17BrOS. The highest BCUT2D eigenvalue weighted by Crippen LogP contribution is 2.46. The second kappa shape index (κ2) is 5.48. The molecule has 0 spiro atoms. The minimum Gasteiger partial charge on any atom is -0.383 e. The molecule has 1 unspecified atom stereocenters. The summed E-state index contributed by atoms with van der Waals surface area (Å²) in [5.74, 6) is 0.630. The topological polar surface area (TPSA) is 20.2 Å². The average Bonchev–Trinajstić information content (AvgIpc) is 3.27. The van der Waals surface area contributed by atoms with Gasteiger partial charge >= 0.3 is 0 Å². The zero-order valence-electron chi connectivity index (χ0n) is 12.3. The Labute approximate surface area is 142 Å². The van der Waals surface area contributed by atoms with Crippen molar-refractivity contribution in [2.24, 2.45) is 0 Å². The fourth-order valence-corrected chi connectivity index (χ4v) is 4.43. The van der Waals surface area contributed by atoms with Gasteiger partial charge in [-0.15, -0.1) is 11.3 Å². The van der Waals surface area contributed by atoms with E-state index in [0.29, 0.717) is 5.92 Å². The van der Waals surface area contributed by atoms with Gasteiger partial charge in [-0.3, -0.25) is 0 Å². The van der Waals surface area contributed by atoms with E-state index in [9.17, 15) is 5.11 Å². The minimum atomic E-state index is -0.537. The van der Waals surface area contributed by atoms with Crippen LogP contribution >= 0.6 is 27.3 Å². The Hall–Kier alpha value is -1.16. The molecule has 1 aromatic heterocycles. The van der Waals surface area contributed by atoms with Crippen LogP contribution in [-0.4, -0.2) is 5.11 Å². The summed E-state index contributed by atoms with van der Waals surface area (Å²) in [6.45, 7) is 2.12. The zero-order valence-corrected chi connectivity index (χ0v) is 14.7. The average molecular weight is 373 g/mol. The van der Waals surface area contributed by atoms with Crippen molar-refractivity contribution in [3.8, 4) is 0 Å². The third-order valence-electron chi connectivity index (χ3n) is 4.39. The number of thiophene rings is 1. The van der Waals surface area contributed by atoms with Crippen LogP contribution in [0.25, 0.3) is 10.1 Å². The highest BCUT2D eigenvalue weighted by molar-refractivity contribution is 9.10. The second-order valence-corrected chi connectivity index (χ2v) is 8.06. The van der Waals surface area contributed by atoms with Gasteiger partial charge in [0.25, 0.3) is 0 Å². The van der Waals surface area contributed by atoms with Gasteiger partial charge in [0.1, 0.15) is 6.10 Å². The molecule has 1 heterocycles. The van der Waals surface area contributed by atoms with Crippen LogP contribution in [-0.2, 0) is 0 Å². The number of aryl methyl sites for hydroxylation is 1. The molecule has 0 amide bonds. The SMILES string of the molecule is Cc1cc(C2CC2)c(C(O)c2cc3ccccc3s2)cc1Br. The predicted molar refractivity (Wildman–Crippen MR) is 96.7 cm³/mol. The summed E-state index contributed by atoms with van der Waals surface area (Å²) in [6.07, 6.45) is 1.95. The Kier molecular flexibility index (Phi) is 3.60. The summed E-state index contributed by atoms with van der Waals surface area (Å²) in [4.78, 5) is 1.03. The van der Waals surface area contributed by atoms with Gasteiger partial charge in [0.2, 0.25) is 0 Å². The summed E-state index contributed by atoms with van der Waals surface area (Å²) in [7, 11) is 0. The number of hydrogen-bond donors (Lipinski definition) is 1. The van der Waals surface area contributed by atoms with Crippen LogP contribution in [0.4, 0.5) is 0 Å². The molecule has 1 aliphatic rings. The molecular weight excluding hydrogens is 356 g/mol. The van der Waals surface area contributed by atoms with Crippen LogP contribution < -0.4 is 0 Å². The molecule has 0 saturated heterocycles. The van der Waals surface area contributed by atoms with E-state index in [1.165, 1.54) is 34.1 Å². The normalized spacial score (nSPS) is 16.1. The molecule has 112 valence electrons. The summed E-state index contributed by atoms with van der Waals surface area (Å²) >= 11 is 5.30. The van der Waals surface area contributed by atoms with E-state index in [4.69, 9.17) is 0 Å². The summed E-state index contributed by atoms with van der Waals surface area (Å²) in [6, 6.07) is 14.8. The van der Waals surface area contributed by atoms with Crippen molar-refractivity contribution in [2.75, 3.05) is 0 Å². The first-order chi connectivity index (χ1) is 10.6. The summed E-state index contributed by atoms with van der Waals surface area (Å²) in [5, 5.41) is 12.2. The van der Waals surface area contributed by atoms with E-state index >= 15 is 0 Å². The lowest BCUT2D eigenvalue weighted by Gasteiger charge is -2.16. The van der Waals surface area contributed by atoms with Gasteiger partial charge in [-0.2, -0.15) is 0 Å². The van der Waals surface area contributed by atoms with Crippen molar-refractivity contribution in [3.05, 3.63) is 68.5 Å². The van der Waals surface area contributed by atoms with E-state index in [0.717, 1.165) is 14.9 Å². The third-order valence-corrected chi connectivity index (χ3v) is 6.41. The second-order valence-electron chi connectivity index (χ2n) is 6.09. The Morgan fingerprint density at radius 1 is 1.18 bits per heavy atom. The van der Waals surface area contributed by atoms with E-state index in [2.05, 4.69) is 53.2 Å². The quantitative estimate of drug-likeness (QED) is 0.603. The molecule has 1 aliphatic carbocycles. The standard InChI is InChI=1S/C19H17BrOS/c1-11-8-14(12-6-7-12)15(10-16(11)20)19(21)18-9-13-4-2-3-5-17(13)22-18/h2-5,8-10,12,19,21H,6-7H2,1H3. The lowest BCUT2D eigenvalue weighted by atomic mass is 9.96. The van der Waals surface area contributed by atoms with Crippen LogP contribution in [0.3, 0.4) is 0 Å². The Balaban J connectivity index is 1.81. The maximum atomic E-state index is 11.0. The number of aliphatic hydroxyl groups is 1. The van der Waals surface area contributed by atoms with Crippen molar-refractivity contribution in [2.45, 2.75) is 31.8 Å². The van der Waals surface area contributed by atoms with Crippen LogP contribution in [0.5, 0.6) is 0 Å². The number of rotatable bonds is 3. The number of halogens is 1. The van der Waals surface area contributed by atoms with Gasteiger partial charge in [-0.25, -0.2) is 0 Å². The maximum Gasteiger partial charge on any atom is 0.114 e. The molecule has 1 fully saturated rings. The molecule has 4 rings (SSSR count). The molecule has 0 bridgehead atoms. The number of aliphatic hydroxyl groups excluding tert-OH is 1. The highest BCUT2D eigenvalue weighted by Gasteiger charge is 2.29. The van der Waals surface area contributed by atoms with Gasteiger partial charge in [0.05, 0.1) is 0 Å². The van der Waals surface area contributed by atoms with Gasteiger partial charge in [0.15, 0.2) is 0 Å². The third kappa shape index (κ3) is 2.51. The molecule has 0 radical (unpaired) electrons. The van der Waals surface area contributed by atoms with Crippen LogP contribution in [0.15, 0.2) is 46.9 Å². The molecule has 0 aliphatic heterocycles. The number of hydrogen-bond acceptors (Lipinski definition) is 2. The Bertz CT molecular complexity index is 815. The van der Waals surface area contributed by atoms with Gasteiger partial charge < -0.3 is 5.11 Å². The van der Waals surface area contributed by atoms with Crippen LogP contribution in [0.1, 0.15) is 46.4 Å². The highest BCUT2D eigenvalue weighted by atomic mass is 79.9. The maximum absolute atomic E-state index is 11.0. The summed E-state index contributed by atoms with van der Waals surface area (Å²) < 4.78 is 2.31. The largest absolute Gasteiger partial charge is 0.383 e. The predicted octanol–water partition coefficient (Wildman–Crippen LogP) is 5.93. The van der Waals surface area contributed by atoms with E-state index in [1.54, 1.807) is 11.3 Å². The van der Waals surface area contributed by atoms with Crippen molar-refractivity contribution < 1.29 is 5.11 Å². The van der Waals surface area contributed by atoms with Crippen molar-refractivity contribution in [1.29, 1.82) is 0 Å². The van der Waals surface area contributed by atoms with Crippen LogP contribution in [0, 0.1) is 6.92 Å². The minimum absolute atomic E-state index is 0.537. The molecule has 22 heavy (non-hydrogen) atoms. The molecule has 1 atom stereocenters. The molecule has 1 N–H and O–H groups in total. The van der Waals surface area contributed by atoms with Gasteiger partial charge in [-0.1, -0.05) is 40.2 Å². The number of fused-ring (bicyclic) bond motifs is 1. The Morgan fingerprint density at radius 2 is 1.95 bits per heavy atom.